The van der Waals surface area contributed by atoms with Gasteiger partial charge in [0, 0.05) is 21.9 Å². The molecule has 0 atom stereocenters. The van der Waals surface area contributed by atoms with Crippen LogP contribution in [-0.2, 0) is 6.54 Å². The zero-order valence-corrected chi connectivity index (χ0v) is 16.6. The van der Waals surface area contributed by atoms with Crippen LogP contribution >= 0.6 is 22.6 Å². The Kier molecular flexibility index (Phi) is 5.77. The lowest BCUT2D eigenvalue weighted by Crippen LogP contribution is -2.23. The molecule has 134 valence electrons. The van der Waals surface area contributed by atoms with Crippen LogP contribution in [0.2, 0.25) is 0 Å². The van der Waals surface area contributed by atoms with Gasteiger partial charge < -0.3 is 14.8 Å². The number of methoxy groups -OCH3 is 2. The van der Waals surface area contributed by atoms with Crippen molar-refractivity contribution in [2.24, 2.45) is 0 Å². The van der Waals surface area contributed by atoms with Gasteiger partial charge in [0.1, 0.15) is 0 Å². The van der Waals surface area contributed by atoms with Crippen LogP contribution in [0.25, 0.3) is 5.69 Å². The molecule has 6 nitrogen and oxygen atoms in total. The molecule has 1 aromatic heterocycles. The molecule has 0 spiro atoms. The van der Waals surface area contributed by atoms with E-state index >= 15 is 0 Å². The molecule has 0 aliphatic heterocycles. The van der Waals surface area contributed by atoms with Crippen molar-refractivity contribution in [2.45, 2.75) is 6.54 Å². The van der Waals surface area contributed by atoms with Gasteiger partial charge in [-0.05, 0) is 46.9 Å². The number of hydrogen-bond acceptors (Lipinski definition) is 4. The number of carbonyl (C=O) groups is 1. The molecule has 0 bridgehead atoms. The Labute approximate surface area is 165 Å². The molecule has 0 saturated carbocycles. The highest BCUT2D eigenvalue weighted by Crippen LogP contribution is 2.31. The van der Waals surface area contributed by atoms with Crippen LogP contribution < -0.4 is 14.8 Å². The third-order valence-corrected chi connectivity index (χ3v) is 4.72. The second-order valence-electron chi connectivity index (χ2n) is 5.50. The molecule has 1 heterocycles. The van der Waals surface area contributed by atoms with Gasteiger partial charge in [-0.25, -0.2) is 4.68 Å². The number of amides is 1. The van der Waals surface area contributed by atoms with Crippen molar-refractivity contribution >= 4 is 28.5 Å². The fourth-order valence-corrected chi connectivity index (χ4v) is 3.16. The zero-order chi connectivity index (χ0) is 18.5. The summed E-state index contributed by atoms with van der Waals surface area (Å²) in [6.07, 6.45) is 3.64. The molecule has 0 saturated heterocycles. The highest BCUT2D eigenvalue weighted by atomic mass is 127. The first kappa shape index (κ1) is 18.2. The average Bonchev–Trinajstić information content (AvgIpc) is 3.15. The molecular weight excluding hydrogens is 445 g/mol. The van der Waals surface area contributed by atoms with Gasteiger partial charge in [-0.2, -0.15) is 5.10 Å². The minimum absolute atomic E-state index is 0.178. The molecule has 26 heavy (non-hydrogen) atoms. The van der Waals surface area contributed by atoms with Crippen LogP contribution in [0.15, 0.2) is 54.9 Å². The molecule has 0 aliphatic rings. The van der Waals surface area contributed by atoms with Crippen LogP contribution in [0.4, 0.5) is 0 Å². The third-order valence-electron chi connectivity index (χ3n) is 3.83. The maximum absolute atomic E-state index is 12.5. The van der Waals surface area contributed by atoms with Gasteiger partial charge in [0.05, 0.1) is 31.7 Å². The lowest BCUT2D eigenvalue weighted by molar-refractivity contribution is 0.0949. The molecule has 0 radical (unpaired) electrons. The van der Waals surface area contributed by atoms with E-state index in [-0.39, 0.29) is 5.91 Å². The summed E-state index contributed by atoms with van der Waals surface area (Å²) in [5.41, 5.74) is 2.43. The summed E-state index contributed by atoms with van der Waals surface area (Å²) >= 11 is 2.11. The molecule has 3 aromatic rings. The maximum Gasteiger partial charge on any atom is 0.252 e. The highest BCUT2D eigenvalue weighted by molar-refractivity contribution is 14.1. The number of rotatable bonds is 6. The zero-order valence-electron chi connectivity index (χ0n) is 14.4. The second-order valence-corrected chi connectivity index (χ2v) is 6.66. The molecular formula is C19H18IN3O3. The van der Waals surface area contributed by atoms with Crippen LogP contribution in [0.1, 0.15) is 15.9 Å². The van der Waals surface area contributed by atoms with Crippen LogP contribution in [0.3, 0.4) is 0 Å². The van der Waals surface area contributed by atoms with Gasteiger partial charge in [-0.15, -0.1) is 0 Å². The summed E-state index contributed by atoms with van der Waals surface area (Å²) in [6, 6.07) is 13.3. The van der Waals surface area contributed by atoms with E-state index in [0.29, 0.717) is 23.6 Å². The smallest absolute Gasteiger partial charge is 0.252 e. The topological polar surface area (TPSA) is 65.4 Å². The number of aromatic nitrogens is 2. The van der Waals surface area contributed by atoms with Crippen molar-refractivity contribution in [3.05, 3.63) is 69.6 Å². The highest BCUT2D eigenvalue weighted by Gasteiger charge is 2.15. The van der Waals surface area contributed by atoms with E-state index in [4.69, 9.17) is 9.47 Å². The van der Waals surface area contributed by atoms with Crippen molar-refractivity contribution in [2.75, 3.05) is 14.2 Å². The Morgan fingerprint density at radius 3 is 2.54 bits per heavy atom. The van der Waals surface area contributed by atoms with Gasteiger partial charge in [0.15, 0.2) is 11.5 Å². The lowest BCUT2D eigenvalue weighted by atomic mass is 10.2. The van der Waals surface area contributed by atoms with Crippen molar-refractivity contribution in [3.63, 3.8) is 0 Å². The largest absolute Gasteiger partial charge is 0.493 e. The number of nitrogens with one attached hydrogen (secondary N) is 1. The first-order valence-corrected chi connectivity index (χ1v) is 8.99. The van der Waals surface area contributed by atoms with Crippen molar-refractivity contribution < 1.29 is 14.3 Å². The number of benzene rings is 2. The van der Waals surface area contributed by atoms with E-state index in [1.807, 2.05) is 36.5 Å². The molecule has 0 unspecified atom stereocenters. The predicted molar refractivity (Wildman–Crippen MR) is 107 cm³/mol. The van der Waals surface area contributed by atoms with E-state index in [1.54, 1.807) is 37.2 Å². The van der Waals surface area contributed by atoms with Crippen molar-refractivity contribution in [3.8, 4) is 17.2 Å². The van der Waals surface area contributed by atoms with Gasteiger partial charge in [-0.3, -0.25) is 4.79 Å². The number of hydrogen-bond donors (Lipinski definition) is 1. The number of para-hydroxylation sites is 1. The Hall–Kier alpha value is -2.55. The minimum atomic E-state index is -0.178. The summed E-state index contributed by atoms with van der Waals surface area (Å²) in [7, 11) is 3.11. The summed E-state index contributed by atoms with van der Waals surface area (Å²) in [4.78, 5) is 12.5. The molecule has 1 amide bonds. The molecule has 2 aromatic carbocycles. The van der Waals surface area contributed by atoms with Gasteiger partial charge in [-0.1, -0.05) is 18.2 Å². The Bertz CT molecular complexity index is 910. The van der Waals surface area contributed by atoms with Crippen LogP contribution in [-0.4, -0.2) is 29.9 Å². The first-order valence-electron chi connectivity index (χ1n) is 7.91. The Morgan fingerprint density at radius 1 is 1.15 bits per heavy atom. The number of nitrogens with zero attached hydrogens (tertiary/aromatic N) is 2. The normalized spacial score (nSPS) is 10.4. The molecule has 1 N–H and O–H groups in total. The fourth-order valence-electron chi connectivity index (χ4n) is 2.48. The molecule has 0 aliphatic carbocycles. The van der Waals surface area contributed by atoms with Crippen LogP contribution in [0, 0.1) is 3.57 Å². The first-order chi connectivity index (χ1) is 12.6. The third kappa shape index (κ3) is 3.98. The number of carbonyl (C=O) groups excluding carboxylic acids is 1. The summed E-state index contributed by atoms with van der Waals surface area (Å²) in [5, 5.41) is 7.25. The molecule has 0 fully saturated rings. The standard InChI is InChI=1S/C19H18IN3O3/c1-25-17-8-15(16(20)9-18(17)26-2)19(24)21-10-13-11-22-23(12-13)14-6-4-3-5-7-14/h3-9,11-12H,10H2,1-2H3,(H,21,24). The summed E-state index contributed by atoms with van der Waals surface area (Å²) in [5.74, 6) is 0.940. The van der Waals surface area contributed by atoms with Gasteiger partial charge >= 0.3 is 0 Å². The van der Waals surface area contributed by atoms with Gasteiger partial charge in [0.2, 0.25) is 0 Å². The summed E-state index contributed by atoms with van der Waals surface area (Å²) < 4.78 is 13.1. The number of halogens is 1. The monoisotopic (exact) mass is 463 g/mol. The fraction of sp³-hybridized carbons (Fsp3) is 0.158. The molecule has 7 heteroatoms. The SMILES string of the molecule is COc1cc(I)c(C(=O)NCc2cnn(-c3ccccc3)c2)cc1OC. The van der Waals surface area contributed by atoms with E-state index in [9.17, 15) is 4.79 Å². The van der Waals surface area contributed by atoms with Crippen LogP contribution in [0.5, 0.6) is 11.5 Å². The van der Waals surface area contributed by atoms with E-state index in [0.717, 1.165) is 14.8 Å². The second kappa shape index (κ2) is 8.22. The van der Waals surface area contributed by atoms with Crippen molar-refractivity contribution in [1.29, 1.82) is 0 Å². The molecule has 3 rings (SSSR count). The van der Waals surface area contributed by atoms with E-state index in [2.05, 4.69) is 33.0 Å². The minimum Gasteiger partial charge on any atom is -0.493 e. The maximum atomic E-state index is 12.5. The van der Waals surface area contributed by atoms with E-state index in [1.165, 1.54) is 0 Å². The Balaban J connectivity index is 1.71. The van der Waals surface area contributed by atoms with E-state index < -0.39 is 0 Å². The lowest BCUT2D eigenvalue weighted by Gasteiger charge is -2.12. The summed E-state index contributed by atoms with van der Waals surface area (Å²) in [6.45, 7) is 0.385. The van der Waals surface area contributed by atoms with Crippen molar-refractivity contribution in [1.82, 2.24) is 15.1 Å². The Morgan fingerprint density at radius 2 is 1.85 bits per heavy atom. The number of ether oxygens (including phenoxy) is 2. The predicted octanol–water partition coefficient (Wildman–Crippen LogP) is 3.42. The van der Waals surface area contributed by atoms with Gasteiger partial charge in [0.25, 0.3) is 5.91 Å². The average molecular weight is 463 g/mol. The quantitative estimate of drug-likeness (QED) is 0.570.